The average Bonchev–Trinajstić information content (AvgIpc) is 2.59. The topological polar surface area (TPSA) is 62.0 Å². The maximum atomic E-state index is 12.3. The zero-order valence-electron chi connectivity index (χ0n) is 15.9. The molecule has 0 saturated carbocycles. The fourth-order valence-electron chi connectivity index (χ4n) is 3.37. The Kier molecular flexibility index (Phi) is 6.80. The largest absolute Gasteiger partial charge is 0.356 e. The number of carbonyl (C=O) groups is 1. The van der Waals surface area contributed by atoms with Gasteiger partial charge in [-0.25, -0.2) is 0 Å². The van der Waals surface area contributed by atoms with Crippen molar-refractivity contribution in [2.45, 2.75) is 59.8 Å². The van der Waals surface area contributed by atoms with Crippen molar-refractivity contribution in [2.24, 2.45) is 5.92 Å². The minimum atomic E-state index is -0.0610. The van der Waals surface area contributed by atoms with Crippen LogP contribution in [0, 0.1) is 19.8 Å². The van der Waals surface area contributed by atoms with Crippen LogP contribution in [0.15, 0.2) is 23.0 Å². The van der Waals surface area contributed by atoms with E-state index >= 15 is 0 Å². The number of aryl methyl sites for hydroxylation is 2. The van der Waals surface area contributed by atoms with Crippen LogP contribution >= 0.6 is 0 Å². The monoisotopic (exact) mass is 342 g/mol. The molecule has 0 aliphatic heterocycles. The number of H-pyrrole nitrogens is 1. The first-order chi connectivity index (χ1) is 12.0. The first-order valence-electron chi connectivity index (χ1n) is 9.37. The average molecular weight is 342 g/mol. The predicted octanol–water partition coefficient (Wildman–Crippen LogP) is 4.02. The zero-order chi connectivity index (χ0) is 18.4. The molecule has 4 nitrogen and oxygen atoms in total. The lowest BCUT2D eigenvalue weighted by molar-refractivity contribution is -0.125. The Morgan fingerprint density at radius 3 is 2.40 bits per heavy atom. The van der Waals surface area contributed by atoms with Gasteiger partial charge >= 0.3 is 0 Å². The van der Waals surface area contributed by atoms with Crippen molar-refractivity contribution in [3.05, 3.63) is 45.2 Å². The van der Waals surface area contributed by atoms with Gasteiger partial charge in [-0.1, -0.05) is 38.8 Å². The summed E-state index contributed by atoms with van der Waals surface area (Å²) in [7, 11) is 0. The SMILES string of the molecule is CCCC(CCC)C(=O)NCCc1cc2c(C)ccc(C)c2[nH]c1=O. The molecule has 0 saturated heterocycles. The van der Waals surface area contributed by atoms with Crippen molar-refractivity contribution < 1.29 is 4.79 Å². The molecule has 1 aromatic heterocycles. The fourth-order valence-corrected chi connectivity index (χ4v) is 3.37. The molecule has 4 heteroatoms. The van der Waals surface area contributed by atoms with Crippen molar-refractivity contribution in [3.8, 4) is 0 Å². The van der Waals surface area contributed by atoms with Crippen molar-refractivity contribution in [1.29, 1.82) is 0 Å². The normalized spacial score (nSPS) is 11.2. The Labute approximate surface area is 150 Å². The highest BCUT2D eigenvalue weighted by molar-refractivity contribution is 5.85. The molecule has 2 aromatic rings. The third kappa shape index (κ3) is 4.71. The van der Waals surface area contributed by atoms with Gasteiger partial charge in [-0.3, -0.25) is 9.59 Å². The van der Waals surface area contributed by atoms with Crippen LogP contribution in [0.5, 0.6) is 0 Å². The van der Waals surface area contributed by atoms with Crippen molar-refractivity contribution in [1.82, 2.24) is 10.3 Å². The van der Waals surface area contributed by atoms with Gasteiger partial charge in [0.25, 0.3) is 5.56 Å². The van der Waals surface area contributed by atoms with Crippen molar-refractivity contribution >= 4 is 16.8 Å². The predicted molar refractivity (Wildman–Crippen MR) is 104 cm³/mol. The Bertz CT molecular complexity index is 786. The van der Waals surface area contributed by atoms with E-state index in [1.165, 1.54) is 0 Å². The Morgan fingerprint density at radius 1 is 1.12 bits per heavy atom. The second kappa shape index (κ2) is 8.84. The van der Waals surface area contributed by atoms with E-state index in [4.69, 9.17) is 0 Å². The molecule has 0 spiro atoms. The molecular weight excluding hydrogens is 312 g/mol. The summed E-state index contributed by atoms with van der Waals surface area (Å²) in [5.74, 6) is 0.211. The molecule has 2 N–H and O–H groups in total. The first-order valence-corrected chi connectivity index (χ1v) is 9.37. The van der Waals surface area contributed by atoms with Crippen LogP contribution < -0.4 is 10.9 Å². The van der Waals surface area contributed by atoms with Crippen LogP contribution in [0.2, 0.25) is 0 Å². The second-order valence-electron chi connectivity index (χ2n) is 6.93. The van der Waals surface area contributed by atoms with Gasteiger partial charge in [0.2, 0.25) is 5.91 Å². The van der Waals surface area contributed by atoms with E-state index in [1.807, 2.05) is 26.0 Å². The highest BCUT2D eigenvalue weighted by Crippen LogP contribution is 2.19. The quantitative estimate of drug-likeness (QED) is 0.761. The van der Waals surface area contributed by atoms with Crippen LogP contribution in [0.25, 0.3) is 10.9 Å². The smallest absolute Gasteiger partial charge is 0.251 e. The Morgan fingerprint density at radius 2 is 1.76 bits per heavy atom. The first kappa shape index (κ1) is 19.2. The van der Waals surface area contributed by atoms with Gasteiger partial charge in [0.05, 0.1) is 5.52 Å². The molecule has 0 bridgehead atoms. The molecule has 0 fully saturated rings. The summed E-state index contributed by atoms with van der Waals surface area (Å²) in [6.07, 6.45) is 4.43. The molecule has 1 amide bonds. The zero-order valence-corrected chi connectivity index (χ0v) is 15.9. The highest BCUT2D eigenvalue weighted by Gasteiger charge is 2.16. The number of carbonyl (C=O) groups excluding carboxylic acids is 1. The number of amides is 1. The molecule has 0 radical (unpaired) electrons. The van der Waals surface area contributed by atoms with Gasteiger partial charge in [-0.15, -0.1) is 0 Å². The molecule has 0 unspecified atom stereocenters. The van der Waals surface area contributed by atoms with Gasteiger partial charge in [0, 0.05) is 23.4 Å². The summed E-state index contributed by atoms with van der Waals surface area (Å²) < 4.78 is 0. The van der Waals surface area contributed by atoms with E-state index in [1.54, 1.807) is 0 Å². The number of aromatic amines is 1. The number of nitrogens with one attached hydrogen (secondary N) is 2. The van der Waals surface area contributed by atoms with E-state index < -0.39 is 0 Å². The molecule has 0 atom stereocenters. The summed E-state index contributed by atoms with van der Waals surface area (Å²) in [6.45, 7) is 8.76. The van der Waals surface area contributed by atoms with Gasteiger partial charge in [-0.2, -0.15) is 0 Å². The summed E-state index contributed by atoms with van der Waals surface area (Å²) in [4.78, 5) is 27.7. The molecule has 136 valence electrons. The van der Waals surface area contributed by atoms with Gasteiger partial charge < -0.3 is 10.3 Å². The third-order valence-corrected chi connectivity index (χ3v) is 4.86. The van der Waals surface area contributed by atoms with Crippen molar-refractivity contribution in [3.63, 3.8) is 0 Å². The molecule has 2 rings (SSSR count). The second-order valence-corrected chi connectivity index (χ2v) is 6.93. The standard InChI is InChI=1S/C21H30N2O2/c1-5-7-16(8-6-2)20(24)22-12-11-17-13-18-14(3)9-10-15(4)19(18)23-21(17)25/h9-10,13,16H,5-8,11-12H2,1-4H3,(H,22,24)(H,23,25). The lowest BCUT2D eigenvalue weighted by Crippen LogP contribution is -2.33. The number of hydrogen-bond donors (Lipinski definition) is 2. The molecular formula is C21H30N2O2. The van der Waals surface area contributed by atoms with Crippen LogP contribution in [0.3, 0.4) is 0 Å². The van der Waals surface area contributed by atoms with E-state index in [9.17, 15) is 9.59 Å². The molecule has 0 aliphatic carbocycles. The number of aromatic nitrogens is 1. The summed E-state index contributed by atoms with van der Waals surface area (Å²) in [5.41, 5.74) is 3.79. The lowest BCUT2D eigenvalue weighted by atomic mass is 9.97. The maximum Gasteiger partial charge on any atom is 0.251 e. The van der Waals surface area contributed by atoms with Gasteiger partial charge in [-0.05, 0) is 50.3 Å². The molecule has 0 aliphatic rings. The number of benzene rings is 1. The van der Waals surface area contributed by atoms with E-state index in [0.717, 1.165) is 53.3 Å². The number of hydrogen-bond acceptors (Lipinski definition) is 2. The Hall–Kier alpha value is -2.10. The molecule has 1 aromatic carbocycles. The van der Waals surface area contributed by atoms with E-state index in [-0.39, 0.29) is 17.4 Å². The lowest BCUT2D eigenvalue weighted by Gasteiger charge is -2.15. The minimum absolute atomic E-state index is 0.0610. The van der Waals surface area contributed by atoms with Crippen molar-refractivity contribution in [2.75, 3.05) is 6.54 Å². The molecule has 25 heavy (non-hydrogen) atoms. The van der Waals surface area contributed by atoms with Crippen LogP contribution in [0.4, 0.5) is 0 Å². The Balaban J connectivity index is 2.08. The van der Waals surface area contributed by atoms with Gasteiger partial charge in [0.15, 0.2) is 0 Å². The highest BCUT2D eigenvalue weighted by atomic mass is 16.2. The summed E-state index contributed by atoms with van der Waals surface area (Å²) in [5, 5.41) is 4.09. The van der Waals surface area contributed by atoms with Crippen LogP contribution in [0.1, 0.15) is 56.2 Å². The van der Waals surface area contributed by atoms with E-state index in [2.05, 4.69) is 30.2 Å². The van der Waals surface area contributed by atoms with Gasteiger partial charge in [0.1, 0.15) is 0 Å². The maximum absolute atomic E-state index is 12.3. The summed E-state index contributed by atoms with van der Waals surface area (Å²) >= 11 is 0. The number of rotatable bonds is 8. The number of fused-ring (bicyclic) bond motifs is 1. The van der Waals surface area contributed by atoms with Crippen LogP contribution in [-0.2, 0) is 11.2 Å². The van der Waals surface area contributed by atoms with E-state index in [0.29, 0.717) is 13.0 Å². The minimum Gasteiger partial charge on any atom is -0.356 e. The summed E-state index contributed by atoms with van der Waals surface area (Å²) in [6, 6.07) is 6.06. The third-order valence-electron chi connectivity index (χ3n) is 4.86. The van der Waals surface area contributed by atoms with Crippen LogP contribution in [-0.4, -0.2) is 17.4 Å². The number of pyridine rings is 1. The fraction of sp³-hybridized carbons (Fsp3) is 0.524. The molecule has 1 heterocycles.